The molecule has 3 heterocycles. The van der Waals surface area contributed by atoms with Crippen molar-refractivity contribution in [2.24, 2.45) is 0 Å². The fourth-order valence-electron chi connectivity index (χ4n) is 4.18. The molecule has 1 fully saturated rings. The first kappa shape index (κ1) is 17.8. The van der Waals surface area contributed by atoms with Crippen LogP contribution in [-0.4, -0.2) is 59.6 Å². The SMILES string of the molecule is O=C1NC(=O)c2c(CCN3CCN(c4n[nH]c5cc(F)ccc45)CC3)cccc21. The number of carbonyl (C=O) groups excluding carboxylic acids is 2. The van der Waals surface area contributed by atoms with E-state index in [0.29, 0.717) is 23.1 Å². The zero-order chi connectivity index (χ0) is 20.0. The maximum atomic E-state index is 13.4. The lowest BCUT2D eigenvalue weighted by atomic mass is 10.00. The molecule has 7 nitrogen and oxygen atoms in total. The number of rotatable bonds is 4. The van der Waals surface area contributed by atoms with Crippen LogP contribution in [0.25, 0.3) is 10.9 Å². The number of fused-ring (bicyclic) bond motifs is 2. The minimum atomic E-state index is -0.313. The number of carbonyl (C=O) groups is 2. The lowest BCUT2D eigenvalue weighted by molar-refractivity contribution is 0.0879. The number of halogens is 1. The molecular weight excluding hydrogens is 373 g/mol. The summed E-state index contributed by atoms with van der Waals surface area (Å²) >= 11 is 0. The van der Waals surface area contributed by atoms with Crippen LogP contribution in [0.5, 0.6) is 0 Å². The standard InChI is InChI=1S/C21H20FN5O2/c22-14-4-5-15-17(12-14)24-25-19(15)27-10-8-26(9-11-27)7-6-13-2-1-3-16-18(13)21(29)23-20(16)28/h1-5,12H,6-11H2,(H,24,25)(H,23,28,29). The van der Waals surface area contributed by atoms with Gasteiger partial charge in [-0.15, -0.1) is 0 Å². The molecular formula is C21H20FN5O2. The molecule has 0 bridgehead atoms. The molecule has 29 heavy (non-hydrogen) atoms. The molecule has 8 heteroatoms. The van der Waals surface area contributed by atoms with E-state index < -0.39 is 0 Å². The Bertz CT molecular complexity index is 1120. The average Bonchev–Trinajstić information content (AvgIpc) is 3.27. The van der Waals surface area contributed by atoms with Gasteiger partial charge >= 0.3 is 0 Å². The van der Waals surface area contributed by atoms with E-state index in [4.69, 9.17) is 0 Å². The molecule has 0 radical (unpaired) electrons. The van der Waals surface area contributed by atoms with E-state index in [1.807, 2.05) is 12.1 Å². The molecule has 2 aromatic carbocycles. The molecule has 2 aliphatic heterocycles. The van der Waals surface area contributed by atoms with Crippen molar-refractivity contribution in [2.45, 2.75) is 6.42 Å². The summed E-state index contributed by atoms with van der Waals surface area (Å²) in [5, 5.41) is 10.6. The van der Waals surface area contributed by atoms with E-state index in [9.17, 15) is 14.0 Å². The number of nitrogens with one attached hydrogen (secondary N) is 2. The number of hydrogen-bond acceptors (Lipinski definition) is 5. The molecule has 2 N–H and O–H groups in total. The van der Waals surface area contributed by atoms with E-state index in [0.717, 1.165) is 49.5 Å². The van der Waals surface area contributed by atoms with Gasteiger partial charge in [0, 0.05) is 38.1 Å². The molecule has 2 amide bonds. The maximum absolute atomic E-state index is 13.4. The Hall–Kier alpha value is -3.26. The number of hydrogen-bond donors (Lipinski definition) is 2. The number of aromatic amines is 1. The van der Waals surface area contributed by atoms with Crippen molar-refractivity contribution >= 4 is 28.5 Å². The molecule has 0 saturated carbocycles. The van der Waals surface area contributed by atoms with Crippen LogP contribution in [0.3, 0.4) is 0 Å². The van der Waals surface area contributed by atoms with E-state index >= 15 is 0 Å². The van der Waals surface area contributed by atoms with Crippen molar-refractivity contribution < 1.29 is 14.0 Å². The molecule has 2 aliphatic rings. The van der Waals surface area contributed by atoms with Gasteiger partial charge in [0.2, 0.25) is 0 Å². The number of anilines is 1. The van der Waals surface area contributed by atoms with Crippen molar-refractivity contribution in [3.8, 4) is 0 Å². The Kier molecular flexibility index (Phi) is 4.28. The second kappa shape index (κ2) is 6.97. The number of benzene rings is 2. The van der Waals surface area contributed by atoms with Crippen LogP contribution in [0.15, 0.2) is 36.4 Å². The first-order chi connectivity index (χ1) is 14.1. The fourth-order valence-corrected chi connectivity index (χ4v) is 4.18. The Morgan fingerprint density at radius 2 is 1.86 bits per heavy atom. The second-order valence-electron chi connectivity index (χ2n) is 7.44. The summed E-state index contributed by atoms with van der Waals surface area (Å²) in [6.07, 6.45) is 0.717. The van der Waals surface area contributed by atoms with E-state index in [2.05, 4.69) is 25.3 Å². The molecule has 148 valence electrons. The molecule has 0 aliphatic carbocycles. The first-order valence-electron chi connectivity index (χ1n) is 9.68. The molecule has 1 aromatic heterocycles. The summed E-state index contributed by atoms with van der Waals surface area (Å²) in [6.45, 7) is 4.20. The van der Waals surface area contributed by atoms with Gasteiger partial charge in [0.05, 0.1) is 16.6 Å². The van der Waals surface area contributed by atoms with Gasteiger partial charge in [-0.1, -0.05) is 12.1 Å². The Balaban J connectivity index is 1.23. The largest absolute Gasteiger partial charge is 0.352 e. The molecule has 5 rings (SSSR count). The van der Waals surface area contributed by atoms with Gasteiger partial charge in [-0.05, 0) is 36.2 Å². The number of imide groups is 1. The summed E-state index contributed by atoms with van der Waals surface area (Å²) in [5.74, 6) is -0.0325. The quantitative estimate of drug-likeness (QED) is 0.663. The van der Waals surface area contributed by atoms with Crippen molar-refractivity contribution in [3.63, 3.8) is 0 Å². The van der Waals surface area contributed by atoms with Gasteiger partial charge in [0.25, 0.3) is 11.8 Å². The summed E-state index contributed by atoms with van der Waals surface area (Å²) < 4.78 is 13.4. The topological polar surface area (TPSA) is 81.3 Å². The van der Waals surface area contributed by atoms with Gasteiger partial charge in [0.1, 0.15) is 5.82 Å². The normalized spacial score (nSPS) is 17.1. The Labute approximate surface area is 166 Å². The number of H-pyrrole nitrogens is 1. The van der Waals surface area contributed by atoms with Crippen molar-refractivity contribution in [1.29, 1.82) is 0 Å². The third-order valence-corrected chi connectivity index (χ3v) is 5.72. The lowest BCUT2D eigenvalue weighted by Crippen LogP contribution is -2.47. The molecule has 0 atom stereocenters. The Morgan fingerprint density at radius 3 is 2.69 bits per heavy atom. The van der Waals surface area contributed by atoms with Crippen LogP contribution in [0.4, 0.5) is 10.2 Å². The third-order valence-electron chi connectivity index (χ3n) is 5.72. The average molecular weight is 393 g/mol. The van der Waals surface area contributed by atoms with Crippen molar-refractivity contribution in [2.75, 3.05) is 37.6 Å². The predicted octanol–water partition coefficient (Wildman–Crippen LogP) is 1.95. The highest BCUT2D eigenvalue weighted by Crippen LogP contribution is 2.26. The zero-order valence-electron chi connectivity index (χ0n) is 15.7. The van der Waals surface area contributed by atoms with Gasteiger partial charge in [-0.2, -0.15) is 5.10 Å². The van der Waals surface area contributed by atoms with Crippen LogP contribution >= 0.6 is 0 Å². The molecule has 1 saturated heterocycles. The molecule has 3 aromatic rings. The zero-order valence-corrected chi connectivity index (χ0v) is 15.7. The first-order valence-corrected chi connectivity index (χ1v) is 9.68. The van der Waals surface area contributed by atoms with Crippen LogP contribution < -0.4 is 10.2 Å². The van der Waals surface area contributed by atoms with Gasteiger partial charge in [0.15, 0.2) is 5.82 Å². The number of aromatic nitrogens is 2. The summed E-state index contributed by atoms with van der Waals surface area (Å²) in [6, 6.07) is 10.1. The van der Waals surface area contributed by atoms with Crippen molar-refractivity contribution in [1.82, 2.24) is 20.4 Å². The molecule has 0 unspecified atom stereocenters. The van der Waals surface area contributed by atoms with Crippen LogP contribution in [0, 0.1) is 5.82 Å². The number of nitrogens with zero attached hydrogens (tertiary/aromatic N) is 3. The van der Waals surface area contributed by atoms with Crippen molar-refractivity contribution in [3.05, 3.63) is 58.9 Å². The minimum Gasteiger partial charge on any atom is -0.352 e. The third kappa shape index (κ3) is 3.15. The van der Waals surface area contributed by atoms with E-state index in [1.54, 1.807) is 12.1 Å². The van der Waals surface area contributed by atoms with Gasteiger partial charge < -0.3 is 4.90 Å². The number of piperazine rings is 1. The second-order valence-corrected chi connectivity index (χ2v) is 7.44. The highest BCUT2D eigenvalue weighted by atomic mass is 19.1. The van der Waals surface area contributed by atoms with Crippen LogP contribution in [0.2, 0.25) is 0 Å². The molecule has 0 spiro atoms. The highest BCUT2D eigenvalue weighted by Gasteiger charge is 2.29. The predicted molar refractivity (Wildman–Crippen MR) is 107 cm³/mol. The van der Waals surface area contributed by atoms with E-state index in [1.165, 1.54) is 12.1 Å². The van der Waals surface area contributed by atoms with E-state index in [-0.39, 0.29) is 17.6 Å². The van der Waals surface area contributed by atoms with Crippen LogP contribution in [-0.2, 0) is 6.42 Å². The van der Waals surface area contributed by atoms with Crippen LogP contribution in [0.1, 0.15) is 26.3 Å². The lowest BCUT2D eigenvalue weighted by Gasteiger charge is -2.35. The summed E-state index contributed by atoms with van der Waals surface area (Å²) in [4.78, 5) is 28.4. The minimum absolute atomic E-state index is 0.278. The van der Waals surface area contributed by atoms with Gasteiger partial charge in [-0.3, -0.25) is 24.9 Å². The fraction of sp³-hybridized carbons (Fsp3) is 0.286. The smallest absolute Gasteiger partial charge is 0.259 e. The number of amides is 2. The monoisotopic (exact) mass is 393 g/mol. The highest BCUT2D eigenvalue weighted by molar-refractivity contribution is 6.22. The van der Waals surface area contributed by atoms with Gasteiger partial charge in [-0.25, -0.2) is 4.39 Å². The Morgan fingerprint density at radius 1 is 1.03 bits per heavy atom. The maximum Gasteiger partial charge on any atom is 0.259 e. The summed E-state index contributed by atoms with van der Waals surface area (Å²) in [7, 11) is 0. The summed E-state index contributed by atoms with van der Waals surface area (Å²) in [5.41, 5.74) is 2.60.